The molecule has 2 rings (SSSR count). The van der Waals surface area contributed by atoms with E-state index in [1.165, 1.54) is 0 Å². The second-order valence-corrected chi connectivity index (χ2v) is 3.82. The molecular formula is C9H11ClFN3O. The largest absolute Gasteiger partial charge is 0.394 e. The molecule has 0 bridgehead atoms. The Morgan fingerprint density at radius 1 is 1.67 bits per heavy atom. The molecule has 1 aromatic heterocycles. The topological polar surface area (TPSA) is 49.2 Å². The second-order valence-electron chi connectivity index (χ2n) is 3.48. The monoisotopic (exact) mass is 231 g/mol. The van der Waals surface area contributed by atoms with Crippen molar-refractivity contribution in [1.82, 2.24) is 9.97 Å². The van der Waals surface area contributed by atoms with Gasteiger partial charge in [0, 0.05) is 6.54 Å². The molecule has 0 aromatic carbocycles. The predicted octanol–water partition coefficient (Wildman–Crippen LogP) is 1.23. The number of aromatic nitrogens is 2. The van der Waals surface area contributed by atoms with E-state index in [0.29, 0.717) is 6.54 Å². The Morgan fingerprint density at radius 2 is 2.47 bits per heavy atom. The van der Waals surface area contributed by atoms with Gasteiger partial charge in [-0.2, -0.15) is 4.98 Å². The van der Waals surface area contributed by atoms with Gasteiger partial charge in [0.25, 0.3) is 0 Å². The maximum Gasteiger partial charge on any atom is 0.224 e. The van der Waals surface area contributed by atoms with Crippen LogP contribution in [0.1, 0.15) is 12.8 Å². The molecule has 1 atom stereocenters. The first kappa shape index (κ1) is 10.6. The molecule has 15 heavy (non-hydrogen) atoms. The first-order valence-corrected chi connectivity index (χ1v) is 5.15. The van der Waals surface area contributed by atoms with Crippen molar-refractivity contribution in [3.63, 3.8) is 0 Å². The van der Waals surface area contributed by atoms with Crippen LogP contribution in [0.15, 0.2) is 6.20 Å². The maximum absolute atomic E-state index is 13.4. The number of aliphatic hydroxyl groups excluding tert-OH is 1. The summed E-state index contributed by atoms with van der Waals surface area (Å²) in [6.07, 6.45) is 2.82. The molecule has 1 saturated heterocycles. The van der Waals surface area contributed by atoms with E-state index < -0.39 is 5.82 Å². The van der Waals surface area contributed by atoms with Crippen LogP contribution in [0.2, 0.25) is 5.28 Å². The minimum atomic E-state index is -0.500. The van der Waals surface area contributed by atoms with Crippen molar-refractivity contribution >= 4 is 17.4 Å². The summed E-state index contributed by atoms with van der Waals surface area (Å²) in [5, 5.41) is 9.14. The van der Waals surface area contributed by atoms with E-state index >= 15 is 0 Å². The van der Waals surface area contributed by atoms with Crippen molar-refractivity contribution in [2.75, 3.05) is 18.1 Å². The van der Waals surface area contributed by atoms with Gasteiger partial charge >= 0.3 is 0 Å². The fourth-order valence-corrected chi connectivity index (χ4v) is 1.97. The van der Waals surface area contributed by atoms with Gasteiger partial charge in [0.1, 0.15) is 0 Å². The third kappa shape index (κ3) is 2.03. The van der Waals surface area contributed by atoms with Gasteiger partial charge in [-0.1, -0.05) is 0 Å². The van der Waals surface area contributed by atoms with Crippen LogP contribution in [0.4, 0.5) is 10.2 Å². The standard InChI is InChI=1S/C9H11ClFN3O/c10-9-12-4-7(11)8(13-9)14-3-1-2-6(14)5-15/h4,6,15H,1-3,5H2/t6-/m1/s1. The molecular weight excluding hydrogens is 221 g/mol. The number of halogens is 2. The molecule has 1 aliphatic heterocycles. The Labute approximate surface area is 91.7 Å². The lowest BCUT2D eigenvalue weighted by molar-refractivity contribution is 0.265. The summed E-state index contributed by atoms with van der Waals surface area (Å²) in [7, 11) is 0. The molecule has 0 unspecified atom stereocenters. The maximum atomic E-state index is 13.4. The van der Waals surface area contributed by atoms with Crippen molar-refractivity contribution in [2.45, 2.75) is 18.9 Å². The number of hydrogen-bond donors (Lipinski definition) is 1. The van der Waals surface area contributed by atoms with Gasteiger partial charge in [0.2, 0.25) is 5.28 Å². The summed E-state index contributed by atoms with van der Waals surface area (Å²) in [5.74, 6) is -0.314. The zero-order chi connectivity index (χ0) is 10.8. The van der Waals surface area contributed by atoms with Crippen molar-refractivity contribution in [1.29, 1.82) is 0 Å². The van der Waals surface area contributed by atoms with E-state index in [1.54, 1.807) is 4.90 Å². The highest BCUT2D eigenvalue weighted by atomic mass is 35.5. The lowest BCUT2D eigenvalue weighted by Crippen LogP contribution is -2.33. The van der Waals surface area contributed by atoms with Gasteiger partial charge < -0.3 is 10.0 Å². The predicted molar refractivity (Wildman–Crippen MR) is 54.5 cm³/mol. The van der Waals surface area contributed by atoms with Crippen LogP contribution in [0.25, 0.3) is 0 Å². The average molecular weight is 232 g/mol. The van der Waals surface area contributed by atoms with Crippen molar-refractivity contribution in [3.05, 3.63) is 17.3 Å². The Bertz CT molecular complexity index is 363. The SMILES string of the molecule is OC[C@H]1CCCN1c1nc(Cl)ncc1F. The molecule has 0 amide bonds. The third-order valence-corrected chi connectivity index (χ3v) is 2.74. The van der Waals surface area contributed by atoms with Gasteiger partial charge in [-0.05, 0) is 24.4 Å². The zero-order valence-corrected chi connectivity index (χ0v) is 8.78. The van der Waals surface area contributed by atoms with Gasteiger partial charge in [0.15, 0.2) is 11.6 Å². The van der Waals surface area contributed by atoms with Crippen LogP contribution in [-0.2, 0) is 0 Å². The highest BCUT2D eigenvalue weighted by Gasteiger charge is 2.27. The number of hydrogen-bond acceptors (Lipinski definition) is 4. The smallest absolute Gasteiger partial charge is 0.224 e. The Balaban J connectivity index is 2.31. The zero-order valence-electron chi connectivity index (χ0n) is 8.03. The minimum absolute atomic E-state index is 0.00105. The van der Waals surface area contributed by atoms with Crippen LogP contribution >= 0.6 is 11.6 Å². The molecule has 1 N–H and O–H groups in total. The van der Waals surface area contributed by atoms with Crippen LogP contribution in [-0.4, -0.2) is 34.3 Å². The molecule has 1 aromatic rings. The molecule has 0 radical (unpaired) electrons. The van der Waals surface area contributed by atoms with E-state index in [9.17, 15) is 4.39 Å². The van der Waals surface area contributed by atoms with Gasteiger partial charge in [-0.25, -0.2) is 9.37 Å². The molecule has 0 aliphatic carbocycles. The fraction of sp³-hybridized carbons (Fsp3) is 0.556. The van der Waals surface area contributed by atoms with Gasteiger partial charge in [0.05, 0.1) is 18.8 Å². The quantitative estimate of drug-likeness (QED) is 0.778. The van der Waals surface area contributed by atoms with Crippen LogP contribution in [0, 0.1) is 5.82 Å². The summed E-state index contributed by atoms with van der Waals surface area (Å²) in [4.78, 5) is 9.14. The molecule has 0 saturated carbocycles. The third-order valence-electron chi connectivity index (χ3n) is 2.56. The molecule has 6 heteroatoms. The summed E-state index contributed by atoms with van der Waals surface area (Å²) < 4.78 is 13.4. The molecule has 4 nitrogen and oxygen atoms in total. The summed E-state index contributed by atoms with van der Waals surface area (Å²) in [6.45, 7) is 0.691. The summed E-state index contributed by atoms with van der Waals surface area (Å²) >= 11 is 5.61. The van der Waals surface area contributed by atoms with E-state index in [4.69, 9.17) is 16.7 Å². The van der Waals surface area contributed by atoms with Crippen LogP contribution < -0.4 is 4.90 Å². The van der Waals surface area contributed by atoms with E-state index in [1.807, 2.05) is 0 Å². The lowest BCUT2D eigenvalue weighted by atomic mass is 10.2. The Morgan fingerprint density at radius 3 is 3.20 bits per heavy atom. The van der Waals surface area contributed by atoms with Gasteiger partial charge in [-0.15, -0.1) is 0 Å². The van der Waals surface area contributed by atoms with E-state index in [2.05, 4.69) is 9.97 Å². The highest BCUT2D eigenvalue weighted by Crippen LogP contribution is 2.26. The summed E-state index contributed by atoms with van der Waals surface area (Å²) in [5.41, 5.74) is 0. The first-order chi connectivity index (χ1) is 7.22. The number of nitrogens with zero attached hydrogens (tertiary/aromatic N) is 3. The highest BCUT2D eigenvalue weighted by molar-refractivity contribution is 6.28. The molecule has 0 spiro atoms. The Hall–Kier alpha value is -0.940. The van der Waals surface area contributed by atoms with Crippen LogP contribution in [0.3, 0.4) is 0 Å². The molecule has 1 fully saturated rings. The van der Waals surface area contributed by atoms with E-state index in [0.717, 1.165) is 19.0 Å². The van der Waals surface area contributed by atoms with E-state index in [-0.39, 0.29) is 23.8 Å². The first-order valence-electron chi connectivity index (χ1n) is 4.78. The molecule has 82 valence electrons. The molecule has 1 aliphatic rings. The molecule has 2 heterocycles. The number of aliphatic hydroxyl groups is 1. The van der Waals surface area contributed by atoms with Crippen LogP contribution in [0.5, 0.6) is 0 Å². The Kier molecular flexibility index (Phi) is 3.02. The summed E-state index contributed by atoms with van der Waals surface area (Å²) in [6, 6.07) is -0.0644. The average Bonchev–Trinajstić information content (AvgIpc) is 2.69. The number of rotatable bonds is 2. The second kappa shape index (κ2) is 4.28. The lowest BCUT2D eigenvalue weighted by Gasteiger charge is -2.24. The van der Waals surface area contributed by atoms with Crippen molar-refractivity contribution < 1.29 is 9.50 Å². The van der Waals surface area contributed by atoms with Crippen molar-refractivity contribution in [3.8, 4) is 0 Å². The van der Waals surface area contributed by atoms with Gasteiger partial charge in [-0.3, -0.25) is 0 Å². The number of anilines is 1. The minimum Gasteiger partial charge on any atom is -0.394 e. The van der Waals surface area contributed by atoms with Crippen molar-refractivity contribution in [2.24, 2.45) is 0 Å². The fourth-order valence-electron chi connectivity index (χ4n) is 1.84. The normalized spacial score (nSPS) is 21.0.